The molecule has 92 valence electrons. The average molecular weight is 238 g/mol. The minimum atomic E-state index is -0.490. The highest BCUT2D eigenvalue weighted by atomic mass is 16.6. The van der Waals surface area contributed by atoms with Crippen molar-refractivity contribution in [2.45, 2.75) is 13.5 Å². The van der Waals surface area contributed by atoms with Gasteiger partial charge in [0.2, 0.25) is 0 Å². The molecule has 17 heavy (non-hydrogen) atoms. The Kier molecular flexibility index (Phi) is 5.16. The van der Waals surface area contributed by atoms with Crippen molar-refractivity contribution in [2.75, 3.05) is 13.2 Å². The van der Waals surface area contributed by atoms with Gasteiger partial charge in [0.1, 0.15) is 5.75 Å². The van der Waals surface area contributed by atoms with Crippen LogP contribution in [0.5, 0.6) is 5.75 Å². The highest BCUT2D eigenvalue weighted by Gasteiger charge is 2.07. The molecule has 0 spiro atoms. The summed E-state index contributed by atoms with van der Waals surface area (Å²) in [5, 5.41) is 8.91. The summed E-state index contributed by atoms with van der Waals surface area (Å²) in [4.78, 5) is 21.9. The molecular weight excluding hydrogens is 224 g/mol. The molecule has 5 nitrogen and oxygen atoms in total. The van der Waals surface area contributed by atoms with Crippen LogP contribution in [0.25, 0.3) is 0 Å². The molecule has 1 N–H and O–H groups in total. The first-order valence-electron chi connectivity index (χ1n) is 5.18. The van der Waals surface area contributed by atoms with Crippen LogP contribution >= 0.6 is 0 Å². The topological polar surface area (TPSA) is 72.8 Å². The maximum atomic E-state index is 11.1. The van der Waals surface area contributed by atoms with Gasteiger partial charge in [0.25, 0.3) is 0 Å². The molecule has 0 aliphatic carbocycles. The van der Waals surface area contributed by atoms with Crippen LogP contribution in [0, 0.1) is 0 Å². The molecule has 0 amide bonds. The van der Waals surface area contributed by atoms with Gasteiger partial charge in [-0.3, -0.25) is 4.79 Å². The number of aldehydes is 1. The van der Waals surface area contributed by atoms with Gasteiger partial charge < -0.3 is 14.6 Å². The third-order valence-corrected chi connectivity index (χ3v) is 2.03. The molecule has 0 atom stereocenters. The maximum Gasteiger partial charge on any atom is 0.344 e. The van der Waals surface area contributed by atoms with Gasteiger partial charge in [0, 0.05) is 0 Å². The molecule has 1 aromatic carbocycles. The van der Waals surface area contributed by atoms with E-state index in [1.54, 1.807) is 13.0 Å². The minimum absolute atomic E-state index is 0.154. The van der Waals surface area contributed by atoms with Gasteiger partial charge in [0.05, 0.1) is 18.8 Å². The van der Waals surface area contributed by atoms with E-state index in [1.165, 1.54) is 12.1 Å². The normalized spacial score (nSPS) is 9.76. The molecule has 1 rings (SSSR count). The first kappa shape index (κ1) is 13.2. The van der Waals surface area contributed by atoms with E-state index in [1.807, 2.05) is 0 Å². The lowest BCUT2D eigenvalue weighted by atomic mass is 10.1. The van der Waals surface area contributed by atoms with E-state index in [2.05, 4.69) is 4.74 Å². The van der Waals surface area contributed by atoms with Crippen molar-refractivity contribution in [2.24, 2.45) is 0 Å². The Labute approximate surface area is 99.0 Å². The number of ether oxygens (including phenoxy) is 2. The number of aliphatic hydroxyl groups excluding tert-OH is 1. The van der Waals surface area contributed by atoms with E-state index >= 15 is 0 Å². The van der Waals surface area contributed by atoms with Crippen molar-refractivity contribution in [1.82, 2.24) is 0 Å². The number of esters is 1. The van der Waals surface area contributed by atoms with Crippen molar-refractivity contribution < 1.29 is 24.2 Å². The number of aliphatic hydroxyl groups is 1. The largest absolute Gasteiger partial charge is 0.481 e. The fourth-order valence-corrected chi connectivity index (χ4v) is 1.26. The highest BCUT2D eigenvalue weighted by Crippen LogP contribution is 2.18. The summed E-state index contributed by atoms with van der Waals surface area (Å²) in [6.45, 7) is 1.59. The zero-order valence-electron chi connectivity index (χ0n) is 9.51. The quantitative estimate of drug-likeness (QED) is 0.589. The Morgan fingerprint density at radius 1 is 1.47 bits per heavy atom. The van der Waals surface area contributed by atoms with Crippen LogP contribution in [0.15, 0.2) is 18.2 Å². The molecule has 0 fully saturated rings. The van der Waals surface area contributed by atoms with Gasteiger partial charge in [-0.2, -0.15) is 0 Å². The number of hydrogen-bond donors (Lipinski definition) is 1. The third kappa shape index (κ3) is 3.88. The molecule has 0 aromatic heterocycles. The van der Waals surface area contributed by atoms with Crippen LogP contribution in [0.3, 0.4) is 0 Å². The summed E-state index contributed by atoms with van der Waals surface area (Å²) in [7, 11) is 0. The predicted octanol–water partition coefficient (Wildman–Crippen LogP) is 0.933. The molecule has 5 heteroatoms. The van der Waals surface area contributed by atoms with Crippen molar-refractivity contribution in [3.05, 3.63) is 29.3 Å². The average Bonchev–Trinajstić information content (AvgIpc) is 2.36. The van der Waals surface area contributed by atoms with E-state index in [0.717, 1.165) is 0 Å². The number of carbonyl (C=O) groups is 2. The number of benzene rings is 1. The van der Waals surface area contributed by atoms with Crippen LogP contribution in [-0.4, -0.2) is 30.6 Å². The molecule has 0 unspecified atom stereocenters. The molecule has 0 aliphatic heterocycles. The monoisotopic (exact) mass is 238 g/mol. The molecule has 0 saturated heterocycles. The number of rotatable bonds is 6. The zero-order valence-corrected chi connectivity index (χ0v) is 9.51. The summed E-state index contributed by atoms with van der Waals surface area (Å²) >= 11 is 0. The maximum absolute atomic E-state index is 11.1. The van der Waals surface area contributed by atoms with Gasteiger partial charge >= 0.3 is 5.97 Å². The van der Waals surface area contributed by atoms with E-state index < -0.39 is 5.97 Å². The van der Waals surface area contributed by atoms with E-state index in [0.29, 0.717) is 23.2 Å². The first-order valence-corrected chi connectivity index (χ1v) is 5.18. The van der Waals surface area contributed by atoms with Crippen LogP contribution in [-0.2, 0) is 16.1 Å². The second-order valence-corrected chi connectivity index (χ2v) is 3.24. The minimum Gasteiger partial charge on any atom is -0.481 e. The first-order chi connectivity index (χ1) is 8.21. The molecule has 0 heterocycles. The molecule has 0 saturated carbocycles. The van der Waals surface area contributed by atoms with Gasteiger partial charge in [-0.25, -0.2) is 4.79 Å². The van der Waals surface area contributed by atoms with Crippen molar-refractivity contribution in [1.29, 1.82) is 0 Å². The molecule has 1 aromatic rings. The molecule has 0 aliphatic rings. The Morgan fingerprint density at radius 2 is 2.24 bits per heavy atom. The predicted molar refractivity (Wildman–Crippen MR) is 59.9 cm³/mol. The summed E-state index contributed by atoms with van der Waals surface area (Å²) in [5.41, 5.74) is 0.899. The Bertz CT molecular complexity index is 400. The van der Waals surface area contributed by atoms with Gasteiger partial charge in [-0.05, 0) is 24.6 Å². The SMILES string of the molecule is CCOC(=O)COc1ccc(CO)cc1C=O. The molecular formula is C12H14O5. The van der Waals surface area contributed by atoms with Gasteiger partial charge in [-0.15, -0.1) is 0 Å². The third-order valence-electron chi connectivity index (χ3n) is 2.03. The van der Waals surface area contributed by atoms with E-state index in [4.69, 9.17) is 9.84 Å². The molecule has 0 radical (unpaired) electrons. The fourth-order valence-electron chi connectivity index (χ4n) is 1.26. The number of carbonyl (C=O) groups excluding carboxylic acids is 2. The van der Waals surface area contributed by atoms with Gasteiger partial charge in [0.15, 0.2) is 12.9 Å². The van der Waals surface area contributed by atoms with Crippen molar-refractivity contribution in [3.8, 4) is 5.75 Å². The summed E-state index contributed by atoms with van der Waals surface area (Å²) in [5.74, 6) is -0.194. The Hall–Kier alpha value is -1.88. The second-order valence-electron chi connectivity index (χ2n) is 3.24. The van der Waals surface area contributed by atoms with E-state index in [-0.39, 0.29) is 19.8 Å². The lowest BCUT2D eigenvalue weighted by Crippen LogP contribution is -2.15. The lowest BCUT2D eigenvalue weighted by molar-refractivity contribution is -0.145. The Balaban J connectivity index is 2.70. The van der Waals surface area contributed by atoms with Crippen molar-refractivity contribution >= 4 is 12.3 Å². The second kappa shape index (κ2) is 6.65. The summed E-state index contributed by atoms with van der Waals surface area (Å²) in [6.07, 6.45) is 0.611. The zero-order chi connectivity index (χ0) is 12.7. The van der Waals surface area contributed by atoms with Gasteiger partial charge in [-0.1, -0.05) is 6.07 Å². The summed E-state index contributed by atoms with van der Waals surface area (Å²) < 4.78 is 9.84. The lowest BCUT2D eigenvalue weighted by Gasteiger charge is -2.08. The smallest absolute Gasteiger partial charge is 0.344 e. The summed E-state index contributed by atoms with van der Waals surface area (Å²) in [6, 6.07) is 4.66. The fraction of sp³-hybridized carbons (Fsp3) is 0.333. The van der Waals surface area contributed by atoms with Crippen LogP contribution in [0.1, 0.15) is 22.8 Å². The highest BCUT2D eigenvalue weighted by molar-refractivity contribution is 5.80. The van der Waals surface area contributed by atoms with E-state index in [9.17, 15) is 9.59 Å². The van der Waals surface area contributed by atoms with Crippen LogP contribution in [0.2, 0.25) is 0 Å². The Morgan fingerprint density at radius 3 is 2.82 bits per heavy atom. The van der Waals surface area contributed by atoms with Crippen LogP contribution < -0.4 is 4.74 Å². The molecule has 0 bridgehead atoms. The van der Waals surface area contributed by atoms with Crippen molar-refractivity contribution in [3.63, 3.8) is 0 Å². The standard InChI is InChI=1S/C12H14O5/c1-2-16-12(15)8-17-11-4-3-9(6-13)5-10(11)7-14/h3-5,7,13H,2,6,8H2,1H3. The van der Waals surface area contributed by atoms with Crippen LogP contribution in [0.4, 0.5) is 0 Å². The number of hydrogen-bond acceptors (Lipinski definition) is 5.